The summed E-state index contributed by atoms with van der Waals surface area (Å²) in [5, 5.41) is 20.6. The number of methoxy groups -OCH3 is 1. The van der Waals surface area contributed by atoms with E-state index in [1.54, 1.807) is 0 Å². The average molecular weight is 297 g/mol. The van der Waals surface area contributed by atoms with Crippen LogP contribution in [0.4, 0.5) is 0 Å². The number of ether oxygens (including phenoxy) is 3. The standard InChI is InChI=1S/C14H19NO6/c1-19-14-12(16)13(11(21-14)7-8-15(17)18)20-9-10-5-3-2-4-6-10/h2-6,11-14,16H,7-9H2,1H3/t11-,12-,13+,14+/m1/s1. The molecule has 0 saturated carbocycles. The third-order valence-electron chi connectivity index (χ3n) is 3.40. The maximum Gasteiger partial charge on any atom is 0.206 e. The summed E-state index contributed by atoms with van der Waals surface area (Å²) in [6, 6.07) is 9.49. The van der Waals surface area contributed by atoms with Crippen molar-refractivity contribution in [1.82, 2.24) is 0 Å². The fraction of sp³-hybridized carbons (Fsp3) is 0.571. The summed E-state index contributed by atoms with van der Waals surface area (Å²) >= 11 is 0. The summed E-state index contributed by atoms with van der Waals surface area (Å²) in [5.74, 6) is 0. The van der Waals surface area contributed by atoms with Gasteiger partial charge in [-0.25, -0.2) is 0 Å². The van der Waals surface area contributed by atoms with Crippen molar-refractivity contribution in [2.45, 2.75) is 37.6 Å². The van der Waals surface area contributed by atoms with E-state index in [2.05, 4.69) is 0 Å². The molecule has 7 heteroatoms. The molecule has 21 heavy (non-hydrogen) atoms. The molecular weight excluding hydrogens is 278 g/mol. The highest BCUT2D eigenvalue weighted by atomic mass is 16.7. The van der Waals surface area contributed by atoms with Gasteiger partial charge in [0.1, 0.15) is 12.2 Å². The monoisotopic (exact) mass is 297 g/mol. The van der Waals surface area contributed by atoms with Crippen LogP contribution in [0, 0.1) is 10.1 Å². The number of aliphatic hydroxyl groups excluding tert-OH is 1. The molecule has 1 aromatic rings. The molecule has 0 aromatic heterocycles. The lowest BCUT2D eigenvalue weighted by atomic mass is 10.1. The van der Waals surface area contributed by atoms with Gasteiger partial charge < -0.3 is 19.3 Å². The van der Waals surface area contributed by atoms with Crippen molar-refractivity contribution in [3.8, 4) is 0 Å². The molecule has 0 aliphatic carbocycles. The van der Waals surface area contributed by atoms with Crippen molar-refractivity contribution < 1.29 is 24.2 Å². The Morgan fingerprint density at radius 2 is 2.10 bits per heavy atom. The summed E-state index contributed by atoms with van der Waals surface area (Å²) < 4.78 is 16.2. The lowest BCUT2D eigenvalue weighted by Gasteiger charge is -2.19. The van der Waals surface area contributed by atoms with E-state index < -0.39 is 29.5 Å². The van der Waals surface area contributed by atoms with E-state index in [9.17, 15) is 15.2 Å². The van der Waals surface area contributed by atoms with Crippen LogP contribution in [0.1, 0.15) is 12.0 Å². The van der Waals surface area contributed by atoms with Crippen molar-refractivity contribution in [2.75, 3.05) is 13.7 Å². The third kappa shape index (κ3) is 4.21. The molecule has 1 saturated heterocycles. The van der Waals surface area contributed by atoms with Crippen LogP contribution in [-0.2, 0) is 20.8 Å². The Hall–Kier alpha value is -1.54. The van der Waals surface area contributed by atoms with Gasteiger partial charge in [0.2, 0.25) is 6.54 Å². The molecule has 0 amide bonds. The predicted octanol–water partition coefficient (Wildman–Crippen LogP) is 0.971. The molecule has 1 heterocycles. The third-order valence-corrected chi connectivity index (χ3v) is 3.40. The second-order valence-corrected chi connectivity index (χ2v) is 4.88. The van der Waals surface area contributed by atoms with Crippen molar-refractivity contribution in [1.29, 1.82) is 0 Å². The van der Waals surface area contributed by atoms with Crippen LogP contribution in [0.15, 0.2) is 30.3 Å². The molecule has 1 aliphatic rings. The van der Waals surface area contributed by atoms with Gasteiger partial charge in [-0.1, -0.05) is 30.3 Å². The van der Waals surface area contributed by atoms with Crippen LogP contribution in [0.3, 0.4) is 0 Å². The van der Waals surface area contributed by atoms with Crippen LogP contribution < -0.4 is 0 Å². The molecule has 0 spiro atoms. The maximum atomic E-state index is 10.5. The Kier molecular flexibility index (Phi) is 5.63. The Bertz CT molecular complexity index is 454. The first-order valence-corrected chi connectivity index (χ1v) is 6.75. The van der Waals surface area contributed by atoms with Crippen molar-refractivity contribution >= 4 is 0 Å². The summed E-state index contributed by atoms with van der Waals surface area (Å²) in [6.45, 7) is 0.0658. The van der Waals surface area contributed by atoms with E-state index in [-0.39, 0.29) is 13.0 Å². The topological polar surface area (TPSA) is 91.1 Å². The Morgan fingerprint density at radius 3 is 2.71 bits per heavy atom. The number of aliphatic hydroxyl groups is 1. The maximum absolute atomic E-state index is 10.5. The van der Waals surface area contributed by atoms with Crippen LogP contribution in [0.5, 0.6) is 0 Å². The van der Waals surface area contributed by atoms with Gasteiger partial charge in [-0.05, 0) is 5.56 Å². The summed E-state index contributed by atoms with van der Waals surface area (Å²) in [4.78, 5) is 10.1. The zero-order valence-corrected chi connectivity index (χ0v) is 11.8. The van der Waals surface area contributed by atoms with Gasteiger partial charge in [0, 0.05) is 18.5 Å². The van der Waals surface area contributed by atoms with E-state index in [4.69, 9.17) is 14.2 Å². The van der Waals surface area contributed by atoms with E-state index in [0.717, 1.165) is 5.56 Å². The van der Waals surface area contributed by atoms with Gasteiger partial charge >= 0.3 is 0 Å². The number of benzene rings is 1. The number of nitrogens with zero attached hydrogens (tertiary/aromatic N) is 1. The van der Waals surface area contributed by atoms with Gasteiger partial charge in [-0.2, -0.15) is 0 Å². The molecule has 1 N–H and O–H groups in total. The van der Waals surface area contributed by atoms with Gasteiger partial charge in [0.05, 0.1) is 12.7 Å². The van der Waals surface area contributed by atoms with E-state index in [0.29, 0.717) is 6.61 Å². The minimum Gasteiger partial charge on any atom is -0.385 e. The highest BCUT2D eigenvalue weighted by Gasteiger charge is 2.45. The molecule has 116 valence electrons. The van der Waals surface area contributed by atoms with Gasteiger partial charge in [0.15, 0.2) is 6.29 Å². The molecule has 0 unspecified atom stereocenters. The van der Waals surface area contributed by atoms with Crippen molar-refractivity contribution in [3.63, 3.8) is 0 Å². The first-order valence-electron chi connectivity index (χ1n) is 6.75. The minimum absolute atomic E-state index is 0.170. The largest absolute Gasteiger partial charge is 0.385 e. The zero-order chi connectivity index (χ0) is 15.2. The smallest absolute Gasteiger partial charge is 0.206 e. The van der Waals surface area contributed by atoms with Gasteiger partial charge in [-0.15, -0.1) is 0 Å². The highest BCUT2D eigenvalue weighted by Crippen LogP contribution is 2.27. The SMILES string of the molecule is CO[C@H]1O[C@H](CC[N+](=O)[O-])[C@H](OCc2ccccc2)[C@H]1O. The van der Waals surface area contributed by atoms with Crippen LogP contribution in [0.2, 0.25) is 0 Å². The molecule has 1 aromatic carbocycles. The van der Waals surface area contributed by atoms with E-state index >= 15 is 0 Å². The van der Waals surface area contributed by atoms with Gasteiger partial charge in [-0.3, -0.25) is 10.1 Å². The highest BCUT2D eigenvalue weighted by molar-refractivity contribution is 5.13. The number of hydrogen-bond acceptors (Lipinski definition) is 6. The molecule has 1 aliphatic heterocycles. The fourth-order valence-electron chi connectivity index (χ4n) is 2.34. The second-order valence-electron chi connectivity index (χ2n) is 4.88. The molecule has 7 nitrogen and oxygen atoms in total. The van der Waals surface area contributed by atoms with E-state index in [1.165, 1.54) is 7.11 Å². The van der Waals surface area contributed by atoms with Crippen molar-refractivity contribution in [2.24, 2.45) is 0 Å². The van der Waals surface area contributed by atoms with Crippen LogP contribution in [-0.4, -0.2) is 48.3 Å². The molecule has 2 rings (SSSR count). The van der Waals surface area contributed by atoms with E-state index in [1.807, 2.05) is 30.3 Å². The fourth-order valence-corrected chi connectivity index (χ4v) is 2.34. The van der Waals surface area contributed by atoms with Crippen molar-refractivity contribution in [3.05, 3.63) is 46.0 Å². The second kappa shape index (κ2) is 7.46. The Labute approximate surface area is 122 Å². The lowest BCUT2D eigenvalue weighted by molar-refractivity contribution is -0.482. The molecular formula is C14H19NO6. The zero-order valence-electron chi connectivity index (χ0n) is 11.8. The van der Waals surface area contributed by atoms with Gasteiger partial charge in [0.25, 0.3) is 0 Å². The minimum atomic E-state index is -0.963. The quantitative estimate of drug-likeness (QED) is 0.595. The average Bonchev–Trinajstić information content (AvgIpc) is 2.79. The molecule has 4 atom stereocenters. The Balaban J connectivity index is 1.96. The first-order chi connectivity index (χ1) is 10.1. The number of hydrogen-bond donors (Lipinski definition) is 1. The van der Waals surface area contributed by atoms with Crippen LogP contribution in [0.25, 0.3) is 0 Å². The summed E-state index contributed by atoms with van der Waals surface area (Å²) in [7, 11) is 1.41. The van der Waals surface area contributed by atoms with Crippen LogP contribution >= 0.6 is 0 Å². The number of nitro groups is 1. The first kappa shape index (κ1) is 15.8. The summed E-state index contributed by atoms with van der Waals surface area (Å²) in [6.07, 6.45) is -2.81. The molecule has 0 radical (unpaired) electrons. The molecule has 0 bridgehead atoms. The normalized spacial score (nSPS) is 28.7. The summed E-state index contributed by atoms with van der Waals surface area (Å²) in [5.41, 5.74) is 0.957. The number of rotatable bonds is 7. The lowest BCUT2D eigenvalue weighted by Crippen LogP contribution is -2.36. The Morgan fingerprint density at radius 1 is 1.38 bits per heavy atom. The predicted molar refractivity (Wildman–Crippen MR) is 73.2 cm³/mol. The molecule has 1 fully saturated rings.